The van der Waals surface area contributed by atoms with E-state index >= 15 is 0 Å². The molecule has 5 nitrogen and oxygen atoms in total. The zero-order chi connectivity index (χ0) is 19.7. The Morgan fingerprint density at radius 2 is 2.14 bits per heavy atom. The molecule has 6 heteroatoms. The highest BCUT2D eigenvalue weighted by molar-refractivity contribution is 9.10. The van der Waals surface area contributed by atoms with Gasteiger partial charge in [-0.1, -0.05) is 34.1 Å². The minimum absolute atomic E-state index is 0.0810. The van der Waals surface area contributed by atoms with Gasteiger partial charge in [0.25, 0.3) is 0 Å². The van der Waals surface area contributed by atoms with Crippen molar-refractivity contribution < 1.29 is 19.0 Å². The fraction of sp³-hybridized carbons (Fsp3) is 0.318. The van der Waals surface area contributed by atoms with Crippen LogP contribution in [-0.4, -0.2) is 37.7 Å². The summed E-state index contributed by atoms with van der Waals surface area (Å²) in [4.78, 5) is 15.2. The first kappa shape index (κ1) is 19.2. The number of allylic oxidation sites excluding steroid dienone is 1. The number of hydrogen-bond acceptors (Lipinski definition) is 5. The van der Waals surface area contributed by atoms with Crippen molar-refractivity contribution in [3.05, 3.63) is 62.8 Å². The maximum atomic E-state index is 13.0. The Labute approximate surface area is 173 Å². The van der Waals surface area contributed by atoms with Gasteiger partial charge in [0.15, 0.2) is 5.76 Å². The quantitative estimate of drug-likeness (QED) is 0.500. The SMILES string of the molecule is COCCCN1COc2cc(C)c3c(c2C1)O/C(=C\c1ccccc1Br)C3=O. The van der Waals surface area contributed by atoms with E-state index in [0.29, 0.717) is 37.0 Å². The van der Waals surface area contributed by atoms with E-state index in [0.717, 1.165) is 39.9 Å². The fourth-order valence-corrected chi connectivity index (χ4v) is 3.98. The Morgan fingerprint density at radius 3 is 2.93 bits per heavy atom. The molecule has 0 spiro atoms. The highest BCUT2D eigenvalue weighted by Crippen LogP contribution is 2.44. The smallest absolute Gasteiger partial charge is 0.232 e. The number of Topliss-reactive ketones (excluding diaryl/α,β-unsaturated/α-hetero) is 1. The average molecular weight is 444 g/mol. The summed E-state index contributed by atoms with van der Waals surface area (Å²) in [6, 6.07) is 9.71. The Bertz CT molecular complexity index is 954. The van der Waals surface area contributed by atoms with E-state index in [4.69, 9.17) is 14.2 Å². The first-order valence-electron chi connectivity index (χ1n) is 9.28. The van der Waals surface area contributed by atoms with Crippen LogP contribution in [0, 0.1) is 6.92 Å². The minimum atomic E-state index is -0.0810. The van der Waals surface area contributed by atoms with E-state index in [9.17, 15) is 4.79 Å². The summed E-state index contributed by atoms with van der Waals surface area (Å²) < 4.78 is 18.1. The second-order valence-corrected chi connectivity index (χ2v) is 7.86. The number of methoxy groups -OCH3 is 1. The van der Waals surface area contributed by atoms with E-state index in [-0.39, 0.29) is 5.78 Å². The number of carbonyl (C=O) groups is 1. The lowest BCUT2D eigenvalue weighted by Gasteiger charge is -2.30. The second-order valence-electron chi connectivity index (χ2n) is 7.01. The summed E-state index contributed by atoms with van der Waals surface area (Å²) in [5, 5.41) is 0. The van der Waals surface area contributed by atoms with E-state index in [1.807, 2.05) is 37.3 Å². The molecule has 146 valence electrons. The Balaban J connectivity index is 1.66. The number of benzene rings is 2. The van der Waals surface area contributed by atoms with Gasteiger partial charge in [-0.2, -0.15) is 0 Å². The number of ketones is 1. The lowest BCUT2D eigenvalue weighted by Crippen LogP contribution is -2.33. The maximum absolute atomic E-state index is 13.0. The van der Waals surface area contributed by atoms with Gasteiger partial charge in [0.1, 0.15) is 18.2 Å². The number of fused-ring (bicyclic) bond motifs is 3. The van der Waals surface area contributed by atoms with Crippen molar-refractivity contribution in [1.29, 1.82) is 0 Å². The van der Waals surface area contributed by atoms with Crippen molar-refractivity contribution in [2.75, 3.05) is 27.0 Å². The summed E-state index contributed by atoms with van der Waals surface area (Å²) in [5.74, 6) is 1.70. The number of nitrogens with zero attached hydrogens (tertiary/aromatic N) is 1. The molecule has 0 amide bonds. The molecular weight excluding hydrogens is 422 g/mol. The molecule has 2 aromatic rings. The lowest BCUT2D eigenvalue weighted by molar-refractivity contribution is 0.0822. The zero-order valence-electron chi connectivity index (χ0n) is 16.0. The van der Waals surface area contributed by atoms with Gasteiger partial charge >= 0.3 is 0 Å². The molecule has 0 saturated carbocycles. The topological polar surface area (TPSA) is 48.0 Å². The van der Waals surface area contributed by atoms with Crippen LogP contribution < -0.4 is 9.47 Å². The summed E-state index contributed by atoms with van der Waals surface area (Å²) in [6.45, 7) is 4.72. The van der Waals surface area contributed by atoms with Gasteiger partial charge < -0.3 is 14.2 Å². The summed E-state index contributed by atoms with van der Waals surface area (Å²) in [5.41, 5.74) is 3.36. The van der Waals surface area contributed by atoms with E-state index in [1.165, 1.54) is 0 Å². The molecule has 2 aromatic carbocycles. The third kappa shape index (κ3) is 3.60. The average Bonchev–Trinajstić information content (AvgIpc) is 3.01. The Hall–Kier alpha value is -2.15. The predicted octanol–water partition coefficient (Wildman–Crippen LogP) is 4.56. The van der Waals surface area contributed by atoms with Crippen LogP contribution in [-0.2, 0) is 11.3 Å². The standard InChI is InChI=1S/C22H22BrNO4/c1-14-10-18-16(12-24(13-27-18)8-5-9-26-2)22-20(14)21(25)19(28-22)11-15-6-3-4-7-17(15)23/h3-4,6-7,10-11H,5,8-9,12-13H2,1-2H3/b19-11-. The van der Waals surface area contributed by atoms with E-state index in [2.05, 4.69) is 20.8 Å². The molecule has 2 aliphatic heterocycles. The van der Waals surface area contributed by atoms with Crippen molar-refractivity contribution in [2.45, 2.75) is 19.9 Å². The Morgan fingerprint density at radius 1 is 1.32 bits per heavy atom. The second kappa shape index (κ2) is 8.07. The van der Waals surface area contributed by atoms with Gasteiger partial charge in [0.2, 0.25) is 5.78 Å². The summed E-state index contributed by atoms with van der Waals surface area (Å²) >= 11 is 3.52. The van der Waals surface area contributed by atoms with Gasteiger partial charge in [-0.05, 0) is 42.7 Å². The number of halogens is 1. The van der Waals surface area contributed by atoms with Crippen molar-refractivity contribution >= 4 is 27.8 Å². The molecule has 0 fully saturated rings. The van der Waals surface area contributed by atoms with Crippen molar-refractivity contribution in [1.82, 2.24) is 4.90 Å². The number of carbonyl (C=O) groups excluding carboxylic acids is 1. The molecule has 0 radical (unpaired) electrons. The van der Waals surface area contributed by atoms with E-state index in [1.54, 1.807) is 13.2 Å². The molecule has 0 atom stereocenters. The van der Waals surface area contributed by atoms with Crippen LogP contribution in [0.15, 0.2) is 40.6 Å². The van der Waals surface area contributed by atoms with Gasteiger partial charge in [0.05, 0.1) is 11.1 Å². The molecule has 0 saturated heterocycles. The van der Waals surface area contributed by atoms with Crippen LogP contribution in [0.4, 0.5) is 0 Å². The van der Waals surface area contributed by atoms with Crippen LogP contribution in [0.1, 0.15) is 33.5 Å². The molecule has 28 heavy (non-hydrogen) atoms. The van der Waals surface area contributed by atoms with Crippen molar-refractivity contribution in [3.63, 3.8) is 0 Å². The fourth-order valence-electron chi connectivity index (χ4n) is 3.59. The highest BCUT2D eigenvalue weighted by atomic mass is 79.9. The molecule has 0 bridgehead atoms. The molecule has 4 rings (SSSR count). The molecule has 0 aromatic heterocycles. The van der Waals surface area contributed by atoms with E-state index < -0.39 is 0 Å². The third-order valence-electron chi connectivity index (χ3n) is 5.00. The third-order valence-corrected chi connectivity index (χ3v) is 5.72. The Kier molecular flexibility index (Phi) is 5.53. The van der Waals surface area contributed by atoms with Gasteiger partial charge in [-0.15, -0.1) is 0 Å². The molecule has 2 aliphatic rings. The largest absolute Gasteiger partial charge is 0.478 e. The first-order chi connectivity index (χ1) is 13.6. The van der Waals surface area contributed by atoms with Crippen LogP contribution in [0.2, 0.25) is 0 Å². The van der Waals surface area contributed by atoms with Gasteiger partial charge in [-0.3, -0.25) is 9.69 Å². The summed E-state index contributed by atoms with van der Waals surface area (Å²) in [6.07, 6.45) is 2.72. The van der Waals surface area contributed by atoms with Crippen LogP contribution >= 0.6 is 15.9 Å². The van der Waals surface area contributed by atoms with Crippen molar-refractivity contribution in [3.8, 4) is 11.5 Å². The van der Waals surface area contributed by atoms with Crippen molar-refractivity contribution in [2.24, 2.45) is 0 Å². The number of aryl methyl sites for hydroxylation is 1. The number of hydrogen-bond donors (Lipinski definition) is 0. The normalized spacial score (nSPS) is 17.2. The number of ether oxygens (including phenoxy) is 3. The number of rotatable bonds is 5. The molecule has 0 unspecified atom stereocenters. The molecule has 0 aliphatic carbocycles. The lowest BCUT2D eigenvalue weighted by atomic mass is 9.98. The highest BCUT2D eigenvalue weighted by Gasteiger charge is 2.35. The minimum Gasteiger partial charge on any atom is -0.478 e. The summed E-state index contributed by atoms with van der Waals surface area (Å²) in [7, 11) is 1.70. The van der Waals surface area contributed by atoms with Gasteiger partial charge in [-0.25, -0.2) is 0 Å². The molecular formula is C22H22BrNO4. The van der Waals surface area contributed by atoms with Crippen LogP contribution in [0.5, 0.6) is 11.5 Å². The maximum Gasteiger partial charge on any atom is 0.232 e. The monoisotopic (exact) mass is 443 g/mol. The van der Waals surface area contributed by atoms with Crippen LogP contribution in [0.25, 0.3) is 6.08 Å². The zero-order valence-corrected chi connectivity index (χ0v) is 17.5. The first-order valence-corrected chi connectivity index (χ1v) is 10.1. The predicted molar refractivity (Wildman–Crippen MR) is 111 cm³/mol. The molecule has 2 heterocycles. The van der Waals surface area contributed by atoms with Crippen LogP contribution in [0.3, 0.4) is 0 Å². The van der Waals surface area contributed by atoms with Gasteiger partial charge in [0, 0.05) is 31.3 Å². The molecule has 0 N–H and O–H groups in total.